The van der Waals surface area contributed by atoms with Gasteiger partial charge in [-0.1, -0.05) is 24.3 Å². The second kappa shape index (κ2) is 8.43. The Bertz CT molecular complexity index is 960. The number of rotatable bonds is 5. The van der Waals surface area contributed by atoms with Crippen LogP contribution < -0.4 is 10.0 Å². The molecule has 0 bridgehead atoms. The van der Waals surface area contributed by atoms with Crippen molar-refractivity contribution in [3.8, 4) is 0 Å². The molecule has 2 aromatic rings. The molecule has 2 amide bonds. The van der Waals surface area contributed by atoms with E-state index in [-0.39, 0.29) is 22.6 Å². The number of hydrogen-bond donors (Lipinski definition) is 2. The molecule has 3 rings (SSSR count). The van der Waals surface area contributed by atoms with Gasteiger partial charge in [0.2, 0.25) is 5.91 Å². The van der Waals surface area contributed by atoms with Gasteiger partial charge in [0.25, 0.3) is 15.9 Å². The Balaban J connectivity index is 1.76. The van der Waals surface area contributed by atoms with Gasteiger partial charge in [0.05, 0.1) is 10.8 Å². The Hall–Kier alpha value is -2.87. The molecule has 2 aromatic carbocycles. The second-order valence-electron chi connectivity index (χ2n) is 6.70. The SMILES string of the molecule is CNC(=O)C1CCCN(C(=O)c2cccc(NS(=O)(=O)c3ccccc3)c2)C1. The number of benzene rings is 2. The van der Waals surface area contributed by atoms with Crippen molar-refractivity contribution in [1.29, 1.82) is 0 Å². The molecule has 1 aliphatic rings. The van der Waals surface area contributed by atoms with Crippen LogP contribution in [0.2, 0.25) is 0 Å². The number of carbonyl (C=O) groups is 2. The van der Waals surface area contributed by atoms with E-state index in [1.165, 1.54) is 18.2 Å². The normalized spacial score (nSPS) is 17.0. The van der Waals surface area contributed by atoms with Gasteiger partial charge in [0.1, 0.15) is 0 Å². The molecule has 28 heavy (non-hydrogen) atoms. The molecule has 1 fully saturated rings. The minimum absolute atomic E-state index is 0.0677. The summed E-state index contributed by atoms with van der Waals surface area (Å²) in [6.07, 6.45) is 1.50. The van der Waals surface area contributed by atoms with Crippen LogP contribution in [-0.2, 0) is 14.8 Å². The largest absolute Gasteiger partial charge is 0.359 e. The van der Waals surface area contributed by atoms with Crippen LogP contribution in [0.25, 0.3) is 0 Å². The maximum atomic E-state index is 12.9. The Morgan fingerprint density at radius 3 is 2.54 bits per heavy atom. The van der Waals surface area contributed by atoms with Crippen LogP contribution in [-0.4, -0.2) is 45.3 Å². The predicted molar refractivity (Wildman–Crippen MR) is 106 cm³/mol. The highest BCUT2D eigenvalue weighted by Gasteiger charge is 2.28. The van der Waals surface area contributed by atoms with Crippen molar-refractivity contribution in [3.63, 3.8) is 0 Å². The van der Waals surface area contributed by atoms with Gasteiger partial charge >= 0.3 is 0 Å². The molecule has 1 atom stereocenters. The average Bonchev–Trinajstić information content (AvgIpc) is 2.73. The number of nitrogens with one attached hydrogen (secondary N) is 2. The fourth-order valence-electron chi connectivity index (χ4n) is 3.29. The lowest BCUT2D eigenvalue weighted by Gasteiger charge is -2.32. The van der Waals surface area contributed by atoms with E-state index in [0.29, 0.717) is 24.3 Å². The topological polar surface area (TPSA) is 95.6 Å². The van der Waals surface area contributed by atoms with Crippen LogP contribution in [0.3, 0.4) is 0 Å². The van der Waals surface area contributed by atoms with Crippen molar-refractivity contribution >= 4 is 27.5 Å². The van der Waals surface area contributed by atoms with E-state index in [4.69, 9.17) is 0 Å². The van der Waals surface area contributed by atoms with Crippen molar-refractivity contribution in [3.05, 3.63) is 60.2 Å². The number of amides is 2. The lowest BCUT2D eigenvalue weighted by molar-refractivity contribution is -0.125. The fraction of sp³-hybridized carbons (Fsp3) is 0.300. The summed E-state index contributed by atoms with van der Waals surface area (Å²) in [5.41, 5.74) is 0.695. The summed E-state index contributed by atoms with van der Waals surface area (Å²) in [7, 11) is -2.14. The standard InChI is InChI=1S/C20H23N3O4S/c1-21-19(24)16-8-6-12-23(14-16)20(25)15-7-5-9-17(13-15)22-28(26,27)18-10-3-2-4-11-18/h2-5,7,9-11,13,16,22H,6,8,12,14H2,1H3,(H,21,24). The molecule has 0 saturated carbocycles. The highest BCUT2D eigenvalue weighted by atomic mass is 32.2. The van der Waals surface area contributed by atoms with Gasteiger partial charge in [0, 0.05) is 31.4 Å². The first-order valence-electron chi connectivity index (χ1n) is 9.09. The van der Waals surface area contributed by atoms with E-state index in [1.807, 2.05) is 0 Å². The zero-order valence-electron chi connectivity index (χ0n) is 15.6. The summed E-state index contributed by atoms with van der Waals surface area (Å²) in [5.74, 6) is -0.501. The third-order valence-electron chi connectivity index (χ3n) is 4.74. The molecular weight excluding hydrogens is 378 g/mol. The molecule has 1 aliphatic heterocycles. The third-order valence-corrected chi connectivity index (χ3v) is 6.14. The van der Waals surface area contributed by atoms with Gasteiger partial charge in [-0.05, 0) is 43.2 Å². The van der Waals surface area contributed by atoms with Crippen LogP contribution in [0.15, 0.2) is 59.5 Å². The van der Waals surface area contributed by atoms with Gasteiger partial charge in [0.15, 0.2) is 0 Å². The monoisotopic (exact) mass is 401 g/mol. The van der Waals surface area contributed by atoms with E-state index < -0.39 is 10.0 Å². The van der Waals surface area contributed by atoms with E-state index in [0.717, 1.165) is 12.8 Å². The minimum Gasteiger partial charge on any atom is -0.359 e. The Kier molecular flexibility index (Phi) is 5.99. The molecular formula is C20H23N3O4S. The summed E-state index contributed by atoms with van der Waals surface area (Å²) in [4.78, 5) is 26.5. The number of piperidine rings is 1. The summed E-state index contributed by atoms with van der Waals surface area (Å²) < 4.78 is 27.5. The summed E-state index contributed by atoms with van der Waals surface area (Å²) >= 11 is 0. The number of likely N-dealkylation sites (tertiary alicyclic amines) is 1. The lowest BCUT2D eigenvalue weighted by Crippen LogP contribution is -2.44. The maximum absolute atomic E-state index is 12.9. The molecule has 148 valence electrons. The van der Waals surface area contributed by atoms with E-state index in [9.17, 15) is 18.0 Å². The molecule has 0 radical (unpaired) electrons. The molecule has 8 heteroatoms. The smallest absolute Gasteiger partial charge is 0.261 e. The minimum atomic E-state index is -3.73. The predicted octanol–water partition coefficient (Wildman–Crippen LogP) is 2.09. The first kappa shape index (κ1) is 19.9. The van der Waals surface area contributed by atoms with Gasteiger partial charge < -0.3 is 10.2 Å². The maximum Gasteiger partial charge on any atom is 0.261 e. The highest BCUT2D eigenvalue weighted by molar-refractivity contribution is 7.92. The van der Waals surface area contributed by atoms with Crippen LogP contribution in [0.1, 0.15) is 23.2 Å². The first-order valence-corrected chi connectivity index (χ1v) is 10.6. The summed E-state index contributed by atoms with van der Waals surface area (Å²) in [6.45, 7) is 0.935. The number of anilines is 1. The van der Waals surface area contributed by atoms with Gasteiger partial charge in [-0.3, -0.25) is 14.3 Å². The molecule has 1 saturated heterocycles. The van der Waals surface area contributed by atoms with Gasteiger partial charge in [-0.15, -0.1) is 0 Å². The molecule has 7 nitrogen and oxygen atoms in total. The highest BCUT2D eigenvalue weighted by Crippen LogP contribution is 2.21. The average molecular weight is 401 g/mol. The molecule has 2 N–H and O–H groups in total. The first-order chi connectivity index (χ1) is 13.4. The molecule has 1 heterocycles. The molecule has 0 aromatic heterocycles. The van der Waals surface area contributed by atoms with Gasteiger partial charge in [-0.2, -0.15) is 0 Å². The van der Waals surface area contributed by atoms with Crippen LogP contribution in [0, 0.1) is 5.92 Å². The van der Waals surface area contributed by atoms with Crippen molar-refractivity contribution in [2.45, 2.75) is 17.7 Å². The zero-order valence-corrected chi connectivity index (χ0v) is 16.4. The molecule has 0 aliphatic carbocycles. The number of sulfonamides is 1. The fourth-order valence-corrected chi connectivity index (χ4v) is 4.36. The van der Waals surface area contributed by atoms with Crippen molar-refractivity contribution in [2.75, 3.05) is 24.9 Å². The number of hydrogen-bond acceptors (Lipinski definition) is 4. The lowest BCUT2D eigenvalue weighted by atomic mass is 9.96. The summed E-state index contributed by atoms with van der Waals surface area (Å²) in [5, 5.41) is 2.63. The summed E-state index contributed by atoms with van der Waals surface area (Å²) in [6, 6.07) is 14.4. The Morgan fingerprint density at radius 2 is 1.82 bits per heavy atom. The second-order valence-corrected chi connectivity index (χ2v) is 8.39. The quantitative estimate of drug-likeness (QED) is 0.802. The van der Waals surface area contributed by atoms with Crippen molar-refractivity contribution in [1.82, 2.24) is 10.2 Å². The van der Waals surface area contributed by atoms with E-state index >= 15 is 0 Å². The van der Waals surface area contributed by atoms with Crippen LogP contribution in [0.4, 0.5) is 5.69 Å². The van der Waals surface area contributed by atoms with Crippen molar-refractivity contribution < 1.29 is 18.0 Å². The van der Waals surface area contributed by atoms with E-state index in [2.05, 4.69) is 10.0 Å². The Morgan fingerprint density at radius 1 is 1.07 bits per heavy atom. The molecule has 0 spiro atoms. The van der Waals surface area contributed by atoms with Crippen LogP contribution in [0.5, 0.6) is 0 Å². The van der Waals surface area contributed by atoms with Gasteiger partial charge in [-0.25, -0.2) is 8.42 Å². The van der Waals surface area contributed by atoms with Crippen LogP contribution >= 0.6 is 0 Å². The van der Waals surface area contributed by atoms with E-state index in [1.54, 1.807) is 48.3 Å². The zero-order chi connectivity index (χ0) is 20.1. The Labute approximate surface area is 164 Å². The number of nitrogens with zero attached hydrogens (tertiary/aromatic N) is 1. The third kappa shape index (κ3) is 4.51. The number of carbonyl (C=O) groups excluding carboxylic acids is 2. The molecule has 1 unspecified atom stereocenters. The van der Waals surface area contributed by atoms with Crippen molar-refractivity contribution in [2.24, 2.45) is 5.92 Å².